The molecule has 1 heterocycles. The largest absolute Gasteiger partial charge is 0.306 e. The molecule has 0 fully saturated rings. The minimum Gasteiger partial charge on any atom is -0.306 e. The van der Waals surface area contributed by atoms with Gasteiger partial charge >= 0.3 is 0 Å². The van der Waals surface area contributed by atoms with Gasteiger partial charge in [0.25, 0.3) is 5.91 Å². The van der Waals surface area contributed by atoms with E-state index in [4.69, 9.17) is 5.26 Å². The number of hydrogen-bond acceptors (Lipinski definition) is 3. The first-order valence-electron chi connectivity index (χ1n) is 5.54. The van der Waals surface area contributed by atoms with E-state index in [-0.39, 0.29) is 5.91 Å². The van der Waals surface area contributed by atoms with Crippen molar-refractivity contribution >= 4 is 27.7 Å². The van der Waals surface area contributed by atoms with Crippen molar-refractivity contribution in [1.29, 1.82) is 5.26 Å². The quantitative estimate of drug-likeness (QED) is 0.924. The van der Waals surface area contributed by atoms with Gasteiger partial charge < -0.3 is 5.32 Å². The summed E-state index contributed by atoms with van der Waals surface area (Å²) in [4.78, 5) is 16.2. The van der Waals surface area contributed by atoms with Gasteiger partial charge in [-0.3, -0.25) is 4.79 Å². The molecule has 0 aliphatic heterocycles. The van der Waals surface area contributed by atoms with Gasteiger partial charge in [0.05, 0.1) is 11.6 Å². The molecule has 0 saturated carbocycles. The van der Waals surface area contributed by atoms with Crippen LogP contribution in [0.25, 0.3) is 0 Å². The second kappa shape index (κ2) is 5.63. The molecule has 0 unspecified atom stereocenters. The van der Waals surface area contributed by atoms with E-state index in [0.29, 0.717) is 16.9 Å². The third-order valence-corrected chi connectivity index (χ3v) is 2.96. The van der Waals surface area contributed by atoms with Crippen molar-refractivity contribution in [1.82, 2.24) is 4.98 Å². The Morgan fingerprint density at radius 1 is 1.42 bits per heavy atom. The fourth-order valence-corrected chi connectivity index (χ4v) is 2.03. The van der Waals surface area contributed by atoms with Crippen molar-refractivity contribution < 1.29 is 4.79 Å². The van der Waals surface area contributed by atoms with Crippen LogP contribution < -0.4 is 5.32 Å². The molecule has 1 amide bonds. The van der Waals surface area contributed by atoms with Crippen LogP contribution in [-0.2, 0) is 0 Å². The zero-order valence-electron chi connectivity index (χ0n) is 10.1. The Morgan fingerprint density at radius 3 is 2.89 bits per heavy atom. The van der Waals surface area contributed by atoms with Gasteiger partial charge in [-0.2, -0.15) is 5.26 Å². The molecule has 19 heavy (non-hydrogen) atoms. The van der Waals surface area contributed by atoms with Crippen LogP contribution in [-0.4, -0.2) is 10.9 Å². The van der Waals surface area contributed by atoms with Crippen LogP contribution in [0.2, 0.25) is 0 Å². The maximum absolute atomic E-state index is 12.0. The van der Waals surface area contributed by atoms with Crippen LogP contribution in [0.1, 0.15) is 21.5 Å². The first-order chi connectivity index (χ1) is 9.10. The summed E-state index contributed by atoms with van der Waals surface area (Å²) < 4.78 is 0.856. The summed E-state index contributed by atoms with van der Waals surface area (Å²) in [5.74, 6) is 0.227. The number of anilines is 1. The van der Waals surface area contributed by atoms with Gasteiger partial charge in [0.15, 0.2) is 0 Å². The average Bonchev–Trinajstić information content (AvgIpc) is 2.42. The van der Waals surface area contributed by atoms with E-state index >= 15 is 0 Å². The minimum atomic E-state index is -0.282. The number of amides is 1. The Hall–Kier alpha value is -2.19. The molecule has 0 spiro atoms. The molecule has 1 aromatic carbocycles. The van der Waals surface area contributed by atoms with Gasteiger partial charge in [-0.25, -0.2) is 4.98 Å². The Kier molecular flexibility index (Phi) is 3.93. The summed E-state index contributed by atoms with van der Waals surface area (Å²) in [6, 6.07) is 10.4. The molecule has 94 valence electrons. The van der Waals surface area contributed by atoms with Crippen LogP contribution in [0.15, 0.2) is 41.0 Å². The topological polar surface area (TPSA) is 65.8 Å². The molecule has 1 N–H and O–H groups in total. The monoisotopic (exact) mass is 315 g/mol. The molecular weight excluding hydrogens is 306 g/mol. The van der Waals surface area contributed by atoms with Gasteiger partial charge in [0.2, 0.25) is 0 Å². The van der Waals surface area contributed by atoms with Crippen LogP contribution >= 0.6 is 15.9 Å². The third kappa shape index (κ3) is 3.18. The minimum absolute atomic E-state index is 0.282. The van der Waals surface area contributed by atoms with E-state index in [1.165, 1.54) is 0 Å². The normalized spacial score (nSPS) is 9.74. The maximum Gasteiger partial charge on any atom is 0.256 e. The van der Waals surface area contributed by atoms with Crippen LogP contribution in [0.3, 0.4) is 0 Å². The summed E-state index contributed by atoms with van der Waals surface area (Å²) in [5.41, 5.74) is 1.75. The summed E-state index contributed by atoms with van der Waals surface area (Å²) in [7, 11) is 0. The fourth-order valence-electron chi connectivity index (χ4n) is 1.58. The van der Waals surface area contributed by atoms with Crippen LogP contribution in [0.5, 0.6) is 0 Å². The van der Waals surface area contributed by atoms with E-state index in [0.717, 1.165) is 10.0 Å². The molecule has 5 heteroatoms. The second-order valence-electron chi connectivity index (χ2n) is 3.97. The Bertz CT molecular complexity index is 677. The molecule has 0 aliphatic carbocycles. The zero-order chi connectivity index (χ0) is 13.8. The SMILES string of the molecule is Cc1cc(Br)cnc1NC(=O)c1cccc(C#N)c1. The molecule has 1 aromatic heterocycles. The molecule has 0 radical (unpaired) electrons. The van der Waals surface area contributed by atoms with Crippen molar-refractivity contribution in [2.24, 2.45) is 0 Å². The smallest absolute Gasteiger partial charge is 0.256 e. The standard InChI is InChI=1S/C14H10BrN3O/c1-9-5-12(15)8-17-13(9)18-14(19)11-4-2-3-10(6-11)7-16/h2-6,8H,1H3,(H,17,18,19). The highest BCUT2D eigenvalue weighted by Crippen LogP contribution is 2.17. The zero-order valence-corrected chi connectivity index (χ0v) is 11.7. The highest BCUT2D eigenvalue weighted by Gasteiger charge is 2.09. The highest BCUT2D eigenvalue weighted by molar-refractivity contribution is 9.10. The van der Waals surface area contributed by atoms with Crippen LogP contribution in [0.4, 0.5) is 5.82 Å². The summed E-state index contributed by atoms with van der Waals surface area (Å²) in [6.45, 7) is 1.86. The summed E-state index contributed by atoms with van der Waals surface area (Å²) >= 11 is 3.32. The molecule has 0 atom stereocenters. The first kappa shape index (κ1) is 13.2. The van der Waals surface area contributed by atoms with E-state index < -0.39 is 0 Å². The number of hydrogen-bond donors (Lipinski definition) is 1. The van der Waals surface area contributed by atoms with Gasteiger partial charge in [0, 0.05) is 16.2 Å². The number of carbonyl (C=O) groups is 1. The highest BCUT2D eigenvalue weighted by atomic mass is 79.9. The van der Waals surface area contributed by atoms with Gasteiger partial charge in [-0.1, -0.05) is 6.07 Å². The van der Waals surface area contributed by atoms with Gasteiger partial charge in [0.1, 0.15) is 5.82 Å². The van der Waals surface area contributed by atoms with Gasteiger partial charge in [-0.05, 0) is 52.7 Å². The molecule has 0 bridgehead atoms. The van der Waals surface area contributed by atoms with E-state index in [1.54, 1.807) is 30.5 Å². The number of pyridine rings is 1. The number of aryl methyl sites for hydroxylation is 1. The molecule has 2 rings (SSSR count). The number of carbonyl (C=O) groups excluding carboxylic acids is 1. The fraction of sp³-hybridized carbons (Fsp3) is 0.0714. The third-order valence-electron chi connectivity index (χ3n) is 2.53. The molecule has 4 nitrogen and oxygen atoms in total. The summed E-state index contributed by atoms with van der Waals surface area (Å²) in [5, 5.41) is 11.5. The van der Waals surface area contributed by atoms with Gasteiger partial charge in [-0.15, -0.1) is 0 Å². The maximum atomic E-state index is 12.0. The number of nitrogens with zero attached hydrogens (tertiary/aromatic N) is 2. The van der Waals surface area contributed by atoms with E-state index in [2.05, 4.69) is 26.2 Å². The Morgan fingerprint density at radius 2 is 2.21 bits per heavy atom. The predicted molar refractivity (Wildman–Crippen MR) is 75.8 cm³/mol. The number of nitriles is 1. The molecule has 0 aliphatic rings. The lowest BCUT2D eigenvalue weighted by Crippen LogP contribution is -2.14. The van der Waals surface area contributed by atoms with E-state index in [9.17, 15) is 4.79 Å². The van der Waals surface area contributed by atoms with Crippen molar-refractivity contribution in [2.75, 3.05) is 5.32 Å². The van der Waals surface area contributed by atoms with Crippen molar-refractivity contribution in [3.05, 3.63) is 57.7 Å². The molecule has 0 saturated heterocycles. The first-order valence-corrected chi connectivity index (χ1v) is 6.33. The average molecular weight is 316 g/mol. The van der Waals surface area contributed by atoms with Crippen molar-refractivity contribution in [2.45, 2.75) is 6.92 Å². The Labute approximate surface area is 119 Å². The van der Waals surface area contributed by atoms with Crippen molar-refractivity contribution in [3.63, 3.8) is 0 Å². The second-order valence-corrected chi connectivity index (χ2v) is 4.88. The van der Waals surface area contributed by atoms with Crippen molar-refractivity contribution in [3.8, 4) is 6.07 Å². The lowest BCUT2D eigenvalue weighted by Gasteiger charge is -2.07. The number of benzene rings is 1. The van der Waals surface area contributed by atoms with Crippen LogP contribution in [0, 0.1) is 18.3 Å². The predicted octanol–water partition coefficient (Wildman–Crippen LogP) is 3.28. The number of nitrogens with one attached hydrogen (secondary N) is 1. The lowest BCUT2D eigenvalue weighted by atomic mass is 10.1. The molecule has 2 aromatic rings. The number of rotatable bonds is 2. The molecular formula is C14H10BrN3O. The Balaban J connectivity index is 2.23. The lowest BCUT2D eigenvalue weighted by molar-refractivity contribution is 0.102. The van der Waals surface area contributed by atoms with E-state index in [1.807, 2.05) is 19.1 Å². The number of halogens is 1. The summed E-state index contributed by atoms with van der Waals surface area (Å²) in [6.07, 6.45) is 1.62. The number of aromatic nitrogens is 1.